The summed E-state index contributed by atoms with van der Waals surface area (Å²) in [6.45, 7) is 2.03. The van der Waals surface area contributed by atoms with Crippen molar-refractivity contribution in [1.29, 1.82) is 0 Å². The van der Waals surface area contributed by atoms with Crippen molar-refractivity contribution in [3.8, 4) is 16.9 Å². The number of aromatic hydroxyl groups is 1. The average Bonchev–Trinajstić information content (AvgIpc) is 2.32. The molecule has 0 atom stereocenters. The molecule has 2 aromatic carbocycles. The topological polar surface area (TPSA) is 40.5 Å². The van der Waals surface area contributed by atoms with Crippen molar-refractivity contribution in [1.82, 2.24) is 0 Å². The molecule has 82 valence electrons. The first kappa shape index (κ1) is 10.7. The third-order valence-electron chi connectivity index (χ3n) is 2.60. The monoisotopic (exact) mass is 214 g/mol. The van der Waals surface area contributed by atoms with Gasteiger partial charge < -0.3 is 10.2 Å². The number of aliphatic hydroxyl groups is 1. The van der Waals surface area contributed by atoms with Crippen LogP contribution in [0.1, 0.15) is 11.1 Å². The van der Waals surface area contributed by atoms with Gasteiger partial charge in [-0.2, -0.15) is 0 Å². The molecule has 0 aliphatic heterocycles. The van der Waals surface area contributed by atoms with Crippen LogP contribution in [0.15, 0.2) is 42.5 Å². The molecule has 2 aromatic rings. The van der Waals surface area contributed by atoms with Crippen LogP contribution < -0.4 is 0 Å². The molecule has 2 heteroatoms. The molecule has 0 radical (unpaired) electrons. The smallest absolute Gasteiger partial charge is 0.123 e. The van der Waals surface area contributed by atoms with Gasteiger partial charge in [0.05, 0.1) is 6.61 Å². The lowest BCUT2D eigenvalue weighted by molar-refractivity contribution is 0.282. The molecule has 0 aliphatic rings. The molecule has 0 fully saturated rings. The van der Waals surface area contributed by atoms with Gasteiger partial charge in [-0.1, -0.05) is 35.9 Å². The lowest BCUT2D eigenvalue weighted by atomic mass is 10.0. The number of phenols is 1. The number of rotatable bonds is 2. The molecule has 2 rings (SSSR count). The van der Waals surface area contributed by atoms with E-state index in [1.165, 1.54) is 0 Å². The molecule has 0 aromatic heterocycles. The van der Waals surface area contributed by atoms with Crippen molar-refractivity contribution in [2.75, 3.05) is 0 Å². The maximum absolute atomic E-state index is 9.77. The summed E-state index contributed by atoms with van der Waals surface area (Å²) in [6.07, 6.45) is 0. The molecule has 0 heterocycles. The van der Waals surface area contributed by atoms with Crippen molar-refractivity contribution < 1.29 is 10.2 Å². The Morgan fingerprint density at radius 2 is 1.69 bits per heavy atom. The largest absolute Gasteiger partial charge is 0.507 e. The molecule has 0 saturated heterocycles. The van der Waals surface area contributed by atoms with E-state index in [9.17, 15) is 5.11 Å². The van der Waals surface area contributed by atoms with E-state index >= 15 is 0 Å². The van der Waals surface area contributed by atoms with Crippen LogP contribution in [0.3, 0.4) is 0 Å². The zero-order valence-electron chi connectivity index (χ0n) is 9.14. The summed E-state index contributed by atoms with van der Waals surface area (Å²) in [7, 11) is 0. The quantitative estimate of drug-likeness (QED) is 0.807. The number of hydrogen-bond donors (Lipinski definition) is 2. The Bertz CT molecular complexity index is 487. The molecule has 16 heavy (non-hydrogen) atoms. The average molecular weight is 214 g/mol. The summed E-state index contributed by atoms with van der Waals surface area (Å²) < 4.78 is 0. The fourth-order valence-electron chi connectivity index (χ4n) is 1.67. The van der Waals surface area contributed by atoms with Crippen LogP contribution in [0, 0.1) is 6.92 Å². The minimum absolute atomic E-state index is 0.0417. The van der Waals surface area contributed by atoms with Crippen LogP contribution >= 0.6 is 0 Å². The van der Waals surface area contributed by atoms with Gasteiger partial charge in [0, 0.05) is 5.56 Å². The van der Waals surface area contributed by atoms with Gasteiger partial charge in [0.15, 0.2) is 0 Å². The normalized spacial score (nSPS) is 10.4. The molecule has 2 N–H and O–H groups in total. The first-order valence-corrected chi connectivity index (χ1v) is 5.20. The molecular weight excluding hydrogens is 200 g/mol. The standard InChI is InChI=1S/C14H14O2/c1-10-2-7-14(16)13(8-10)12-5-3-11(9-15)4-6-12/h2-8,15-16H,9H2,1H3. The summed E-state index contributed by atoms with van der Waals surface area (Å²) in [5.41, 5.74) is 3.76. The zero-order chi connectivity index (χ0) is 11.5. The number of benzene rings is 2. The van der Waals surface area contributed by atoms with Crippen molar-refractivity contribution >= 4 is 0 Å². The number of aliphatic hydroxyl groups excluding tert-OH is 1. The highest BCUT2D eigenvalue weighted by atomic mass is 16.3. The zero-order valence-corrected chi connectivity index (χ0v) is 9.14. The minimum Gasteiger partial charge on any atom is -0.507 e. The summed E-state index contributed by atoms with van der Waals surface area (Å²) in [5, 5.41) is 18.7. The van der Waals surface area contributed by atoms with Gasteiger partial charge in [0.1, 0.15) is 5.75 Å². The Morgan fingerprint density at radius 3 is 2.31 bits per heavy atom. The molecule has 0 spiro atoms. The molecular formula is C14H14O2. The van der Waals surface area contributed by atoms with Crippen molar-refractivity contribution in [2.24, 2.45) is 0 Å². The van der Waals surface area contributed by atoms with Crippen LogP contribution in [0.5, 0.6) is 5.75 Å². The van der Waals surface area contributed by atoms with Crippen LogP contribution in [0.25, 0.3) is 11.1 Å². The lowest BCUT2D eigenvalue weighted by Gasteiger charge is -2.06. The van der Waals surface area contributed by atoms with Gasteiger partial charge in [0.25, 0.3) is 0 Å². The summed E-state index contributed by atoms with van der Waals surface area (Å²) in [5.74, 6) is 0.280. The Morgan fingerprint density at radius 1 is 1.00 bits per heavy atom. The number of hydrogen-bond acceptors (Lipinski definition) is 2. The van der Waals surface area contributed by atoms with Crippen molar-refractivity contribution in [2.45, 2.75) is 13.5 Å². The molecule has 0 bridgehead atoms. The van der Waals surface area contributed by atoms with Gasteiger partial charge in [-0.15, -0.1) is 0 Å². The maximum Gasteiger partial charge on any atom is 0.123 e. The highest BCUT2D eigenvalue weighted by Crippen LogP contribution is 2.29. The van der Waals surface area contributed by atoms with Gasteiger partial charge in [-0.25, -0.2) is 0 Å². The fourth-order valence-corrected chi connectivity index (χ4v) is 1.67. The molecule has 0 saturated carbocycles. The third kappa shape index (κ3) is 2.07. The van der Waals surface area contributed by atoms with Crippen LogP contribution in [-0.2, 0) is 6.61 Å². The second-order valence-electron chi connectivity index (χ2n) is 3.88. The molecule has 0 amide bonds. The van der Waals surface area contributed by atoms with Crippen LogP contribution in [-0.4, -0.2) is 10.2 Å². The summed E-state index contributed by atoms with van der Waals surface area (Å²) in [4.78, 5) is 0. The minimum atomic E-state index is 0.0417. The van der Waals surface area contributed by atoms with Gasteiger partial charge in [-0.05, 0) is 30.2 Å². The van der Waals surface area contributed by atoms with E-state index in [1.807, 2.05) is 43.3 Å². The highest BCUT2D eigenvalue weighted by molar-refractivity contribution is 5.70. The summed E-state index contributed by atoms with van der Waals surface area (Å²) >= 11 is 0. The Balaban J connectivity index is 2.45. The van der Waals surface area contributed by atoms with Gasteiger partial charge >= 0.3 is 0 Å². The molecule has 2 nitrogen and oxygen atoms in total. The predicted molar refractivity (Wildman–Crippen MR) is 64.2 cm³/mol. The highest BCUT2D eigenvalue weighted by Gasteiger charge is 2.04. The van der Waals surface area contributed by atoms with Gasteiger partial charge in [-0.3, -0.25) is 0 Å². The Hall–Kier alpha value is -1.80. The SMILES string of the molecule is Cc1ccc(O)c(-c2ccc(CO)cc2)c1. The van der Waals surface area contributed by atoms with E-state index < -0.39 is 0 Å². The van der Waals surface area contributed by atoms with E-state index in [0.29, 0.717) is 0 Å². The number of phenolic OH excluding ortho intramolecular Hbond substituents is 1. The Labute approximate surface area is 94.8 Å². The predicted octanol–water partition coefficient (Wildman–Crippen LogP) is 2.86. The van der Waals surface area contributed by atoms with E-state index in [2.05, 4.69) is 0 Å². The summed E-state index contributed by atoms with van der Waals surface area (Å²) in [6, 6.07) is 13.0. The van der Waals surface area contributed by atoms with E-state index in [-0.39, 0.29) is 12.4 Å². The second-order valence-corrected chi connectivity index (χ2v) is 3.88. The number of aryl methyl sites for hydroxylation is 1. The molecule has 0 aliphatic carbocycles. The Kier molecular flexibility index (Phi) is 2.93. The van der Waals surface area contributed by atoms with Crippen molar-refractivity contribution in [3.63, 3.8) is 0 Å². The first-order chi connectivity index (χ1) is 7.70. The van der Waals surface area contributed by atoms with E-state index in [0.717, 1.165) is 22.3 Å². The molecule has 0 unspecified atom stereocenters. The lowest BCUT2D eigenvalue weighted by Crippen LogP contribution is -1.84. The van der Waals surface area contributed by atoms with Crippen LogP contribution in [0.2, 0.25) is 0 Å². The van der Waals surface area contributed by atoms with E-state index in [1.54, 1.807) is 6.07 Å². The second kappa shape index (κ2) is 4.37. The first-order valence-electron chi connectivity index (χ1n) is 5.20. The third-order valence-corrected chi connectivity index (χ3v) is 2.60. The van der Waals surface area contributed by atoms with E-state index in [4.69, 9.17) is 5.11 Å². The van der Waals surface area contributed by atoms with Crippen molar-refractivity contribution in [3.05, 3.63) is 53.6 Å². The van der Waals surface area contributed by atoms with Crippen LogP contribution in [0.4, 0.5) is 0 Å². The van der Waals surface area contributed by atoms with Gasteiger partial charge in [0.2, 0.25) is 0 Å². The maximum atomic E-state index is 9.77. The fraction of sp³-hybridized carbons (Fsp3) is 0.143.